The molecule has 0 amide bonds. The number of carbonyl (C=O) groups is 1. The van der Waals surface area contributed by atoms with Crippen molar-refractivity contribution in [3.05, 3.63) is 132 Å². The van der Waals surface area contributed by atoms with Crippen molar-refractivity contribution >= 4 is 33.6 Å². The molecule has 0 aliphatic rings. The number of furan rings is 1. The van der Waals surface area contributed by atoms with E-state index in [1.165, 1.54) is 0 Å². The minimum Gasteiger partial charge on any atom is -0.481 e. The lowest BCUT2D eigenvalue weighted by Crippen LogP contribution is -2.09. The molecule has 0 spiro atoms. The summed E-state index contributed by atoms with van der Waals surface area (Å²) >= 11 is 0. The first kappa shape index (κ1) is 24.2. The first-order valence-corrected chi connectivity index (χ1v) is 12.7. The van der Waals surface area contributed by atoms with Crippen LogP contribution in [-0.4, -0.2) is 16.8 Å². The van der Waals surface area contributed by atoms with Crippen LogP contribution in [0.3, 0.4) is 0 Å². The number of nitrogens with zero attached hydrogens (tertiary/aromatic N) is 1. The Labute approximate surface area is 225 Å². The summed E-state index contributed by atoms with van der Waals surface area (Å²) in [5.74, 6) is -0.953. The minimum atomic E-state index is -0.953. The zero-order chi connectivity index (χ0) is 26.6. The lowest BCUT2D eigenvalue weighted by Gasteiger charge is -2.08. The van der Waals surface area contributed by atoms with Crippen LogP contribution in [0, 0.1) is 0 Å². The Balaban J connectivity index is 1.17. The van der Waals surface area contributed by atoms with Gasteiger partial charge in [-0.25, -0.2) is 0 Å². The number of hydrogen-bond donors (Lipinski definition) is 1. The number of para-hydroxylation sites is 2. The number of hydrogen-bond acceptors (Lipinski definition) is 4. The normalized spacial score (nSPS) is 11.6. The first-order valence-electron chi connectivity index (χ1n) is 12.7. The monoisotopic (exact) mass is 511 g/mol. The molecular formula is C34H25NO4. The Hall–Kier alpha value is -5.16. The van der Waals surface area contributed by atoms with Crippen LogP contribution in [-0.2, 0) is 16.2 Å². The number of oxime groups is 1. The molecule has 5 nitrogen and oxygen atoms in total. The van der Waals surface area contributed by atoms with Crippen LogP contribution in [0.1, 0.15) is 17.5 Å². The van der Waals surface area contributed by atoms with Gasteiger partial charge >= 0.3 is 5.97 Å². The maximum atomic E-state index is 11.2. The van der Waals surface area contributed by atoms with Gasteiger partial charge in [0.2, 0.25) is 0 Å². The highest BCUT2D eigenvalue weighted by molar-refractivity contribution is 6.10. The standard InChI is InChI=1S/C34H25NO4/c36-33(37)21-31(27-7-2-1-3-8-27)35-38-22-23-13-15-24(16-14-23)25-17-19-26(20-18-25)28-10-6-11-30-29-9-4-5-12-32(29)39-34(28)30/h1-20H,21-22H2,(H,36,37). The number of aliphatic carboxylic acids is 1. The van der Waals surface area contributed by atoms with Gasteiger partial charge < -0.3 is 14.4 Å². The topological polar surface area (TPSA) is 72.0 Å². The van der Waals surface area contributed by atoms with E-state index in [1.807, 2.05) is 72.8 Å². The third kappa shape index (κ3) is 5.15. The number of benzene rings is 5. The fourth-order valence-corrected chi connectivity index (χ4v) is 4.76. The molecule has 0 bridgehead atoms. The van der Waals surface area contributed by atoms with Gasteiger partial charge in [0.15, 0.2) is 0 Å². The summed E-state index contributed by atoms with van der Waals surface area (Å²) in [6.45, 7) is 0.247. The SMILES string of the molecule is O=C(O)CC(=NOCc1ccc(-c2ccc(-c3cccc4c3oc3ccccc34)cc2)cc1)c1ccccc1. The average molecular weight is 512 g/mol. The van der Waals surface area contributed by atoms with Crippen LogP contribution in [0.5, 0.6) is 0 Å². The third-order valence-corrected chi connectivity index (χ3v) is 6.72. The molecule has 6 rings (SSSR count). The second-order valence-electron chi connectivity index (χ2n) is 9.30. The van der Waals surface area contributed by atoms with Crippen LogP contribution >= 0.6 is 0 Å². The molecule has 0 aliphatic carbocycles. The molecule has 0 saturated heterocycles. The van der Waals surface area contributed by atoms with E-state index in [2.05, 4.69) is 53.7 Å². The van der Waals surface area contributed by atoms with Crippen LogP contribution in [0.4, 0.5) is 0 Å². The van der Waals surface area contributed by atoms with Gasteiger partial charge in [-0.2, -0.15) is 0 Å². The molecule has 0 radical (unpaired) electrons. The fourth-order valence-electron chi connectivity index (χ4n) is 4.76. The molecule has 0 unspecified atom stereocenters. The summed E-state index contributed by atoms with van der Waals surface area (Å²) in [5.41, 5.74) is 8.22. The molecule has 5 aromatic carbocycles. The lowest BCUT2D eigenvalue weighted by atomic mass is 9.98. The van der Waals surface area contributed by atoms with Crippen molar-refractivity contribution in [1.29, 1.82) is 0 Å². The number of carboxylic acids is 1. The van der Waals surface area contributed by atoms with E-state index >= 15 is 0 Å². The zero-order valence-corrected chi connectivity index (χ0v) is 21.1. The van der Waals surface area contributed by atoms with Crippen molar-refractivity contribution in [2.24, 2.45) is 5.16 Å². The van der Waals surface area contributed by atoms with Crippen LogP contribution in [0.2, 0.25) is 0 Å². The molecule has 0 fully saturated rings. The summed E-state index contributed by atoms with van der Waals surface area (Å²) in [5, 5.41) is 15.6. The molecule has 1 aromatic heterocycles. The van der Waals surface area contributed by atoms with E-state index in [1.54, 1.807) is 0 Å². The molecule has 0 saturated carbocycles. The van der Waals surface area contributed by atoms with Gasteiger partial charge in [-0.15, -0.1) is 0 Å². The maximum Gasteiger partial charge on any atom is 0.309 e. The average Bonchev–Trinajstić information content (AvgIpc) is 3.36. The lowest BCUT2D eigenvalue weighted by molar-refractivity contribution is -0.135. The molecule has 5 heteroatoms. The van der Waals surface area contributed by atoms with E-state index in [-0.39, 0.29) is 13.0 Å². The Morgan fingerprint density at radius 3 is 2.08 bits per heavy atom. The van der Waals surface area contributed by atoms with Crippen molar-refractivity contribution in [3.8, 4) is 22.3 Å². The predicted molar refractivity (Wildman–Crippen MR) is 155 cm³/mol. The Morgan fingerprint density at radius 2 is 1.33 bits per heavy atom. The molecule has 0 aliphatic heterocycles. The first-order chi connectivity index (χ1) is 19.2. The Morgan fingerprint density at radius 1 is 0.692 bits per heavy atom. The van der Waals surface area contributed by atoms with Gasteiger partial charge in [-0.1, -0.05) is 120 Å². The second kappa shape index (κ2) is 10.7. The third-order valence-electron chi connectivity index (χ3n) is 6.72. The molecule has 190 valence electrons. The summed E-state index contributed by atoms with van der Waals surface area (Å²) in [6.07, 6.45) is -0.205. The van der Waals surface area contributed by atoms with Crippen molar-refractivity contribution in [2.75, 3.05) is 0 Å². The highest BCUT2D eigenvalue weighted by atomic mass is 16.6. The molecule has 6 aromatic rings. The number of fused-ring (bicyclic) bond motifs is 3. The van der Waals surface area contributed by atoms with Crippen molar-refractivity contribution < 1.29 is 19.2 Å². The Kier molecular flexibility index (Phi) is 6.62. The highest BCUT2D eigenvalue weighted by Crippen LogP contribution is 2.36. The van der Waals surface area contributed by atoms with Gasteiger partial charge in [-0.3, -0.25) is 4.79 Å². The van der Waals surface area contributed by atoms with Gasteiger partial charge in [0.1, 0.15) is 17.8 Å². The van der Waals surface area contributed by atoms with Gasteiger partial charge in [0, 0.05) is 16.3 Å². The molecule has 1 heterocycles. The van der Waals surface area contributed by atoms with Crippen molar-refractivity contribution in [1.82, 2.24) is 0 Å². The predicted octanol–water partition coefficient (Wildman–Crippen LogP) is 8.32. The van der Waals surface area contributed by atoms with Crippen LogP contribution < -0.4 is 0 Å². The molecular weight excluding hydrogens is 486 g/mol. The summed E-state index contributed by atoms with van der Waals surface area (Å²) in [6, 6.07) is 40.1. The zero-order valence-electron chi connectivity index (χ0n) is 21.1. The number of carboxylic acid groups (broad SMARTS) is 1. The van der Waals surface area contributed by atoms with E-state index in [4.69, 9.17) is 9.25 Å². The molecule has 39 heavy (non-hydrogen) atoms. The van der Waals surface area contributed by atoms with Crippen molar-refractivity contribution in [3.63, 3.8) is 0 Å². The summed E-state index contributed by atoms with van der Waals surface area (Å²) in [4.78, 5) is 16.8. The quantitative estimate of drug-likeness (QED) is 0.165. The van der Waals surface area contributed by atoms with Crippen LogP contribution in [0.25, 0.3) is 44.2 Å². The minimum absolute atomic E-state index is 0.205. The van der Waals surface area contributed by atoms with E-state index in [0.29, 0.717) is 5.71 Å². The molecule has 1 N–H and O–H groups in total. The highest BCUT2D eigenvalue weighted by Gasteiger charge is 2.12. The fraction of sp³-hybridized carbons (Fsp3) is 0.0588. The largest absolute Gasteiger partial charge is 0.481 e. The van der Waals surface area contributed by atoms with Crippen molar-refractivity contribution in [2.45, 2.75) is 13.0 Å². The van der Waals surface area contributed by atoms with Gasteiger partial charge in [0.25, 0.3) is 0 Å². The van der Waals surface area contributed by atoms with E-state index in [0.717, 1.165) is 55.3 Å². The Bertz CT molecular complexity index is 1780. The smallest absolute Gasteiger partial charge is 0.309 e. The summed E-state index contributed by atoms with van der Waals surface area (Å²) < 4.78 is 6.21. The van der Waals surface area contributed by atoms with E-state index < -0.39 is 5.97 Å². The molecule has 0 atom stereocenters. The van der Waals surface area contributed by atoms with Gasteiger partial charge in [-0.05, 0) is 33.9 Å². The van der Waals surface area contributed by atoms with Gasteiger partial charge in [0.05, 0.1) is 12.1 Å². The van der Waals surface area contributed by atoms with E-state index in [9.17, 15) is 9.90 Å². The number of rotatable bonds is 8. The second-order valence-corrected chi connectivity index (χ2v) is 9.30. The van der Waals surface area contributed by atoms with Crippen LogP contribution in [0.15, 0.2) is 131 Å². The maximum absolute atomic E-state index is 11.2. The summed E-state index contributed by atoms with van der Waals surface area (Å²) in [7, 11) is 0.